The van der Waals surface area contributed by atoms with E-state index in [1.807, 2.05) is 18.2 Å². The highest BCUT2D eigenvalue weighted by Crippen LogP contribution is 2.38. The van der Waals surface area contributed by atoms with E-state index >= 15 is 0 Å². The van der Waals surface area contributed by atoms with Gasteiger partial charge in [0.25, 0.3) is 0 Å². The number of aromatic nitrogens is 1. The first-order valence-corrected chi connectivity index (χ1v) is 6.27. The third-order valence-electron chi connectivity index (χ3n) is 3.20. The van der Waals surface area contributed by atoms with Gasteiger partial charge in [0.1, 0.15) is 11.5 Å². The molecule has 0 aliphatic carbocycles. The topological polar surface area (TPSA) is 48.1 Å². The van der Waals surface area contributed by atoms with Crippen molar-refractivity contribution in [2.45, 2.75) is 12.3 Å². The Morgan fingerprint density at radius 1 is 1.33 bits per heavy atom. The highest BCUT2D eigenvalue weighted by atomic mass is 35.5. The molecule has 0 spiro atoms. The van der Waals surface area contributed by atoms with E-state index in [0.29, 0.717) is 11.6 Å². The van der Waals surface area contributed by atoms with Crippen LogP contribution in [0, 0.1) is 0 Å². The summed E-state index contributed by atoms with van der Waals surface area (Å²) in [6.45, 7) is 0.574. The van der Waals surface area contributed by atoms with Crippen molar-refractivity contribution in [3.63, 3.8) is 0 Å². The van der Waals surface area contributed by atoms with Crippen molar-refractivity contribution in [3.8, 4) is 11.5 Å². The number of hydrogen-bond donors (Lipinski definition) is 1. The van der Waals surface area contributed by atoms with Gasteiger partial charge in [0.15, 0.2) is 0 Å². The lowest BCUT2D eigenvalue weighted by atomic mass is 9.94. The minimum Gasteiger partial charge on any atom is -0.455 e. The maximum Gasteiger partial charge on any atom is 0.150 e. The van der Waals surface area contributed by atoms with Crippen LogP contribution < -0.4 is 10.5 Å². The van der Waals surface area contributed by atoms with Crippen molar-refractivity contribution in [1.29, 1.82) is 0 Å². The predicted molar refractivity (Wildman–Crippen MR) is 71.3 cm³/mol. The zero-order chi connectivity index (χ0) is 12.5. The average molecular weight is 261 g/mol. The molecule has 4 heteroatoms. The molecule has 1 aromatic carbocycles. The number of halogens is 1. The summed E-state index contributed by atoms with van der Waals surface area (Å²) in [5.41, 5.74) is 7.91. The van der Waals surface area contributed by atoms with Crippen molar-refractivity contribution in [1.82, 2.24) is 4.98 Å². The lowest BCUT2D eigenvalue weighted by Gasteiger charge is -2.13. The number of hydrogen-bond acceptors (Lipinski definition) is 3. The number of benzene rings is 1. The summed E-state index contributed by atoms with van der Waals surface area (Å²) in [5.74, 6) is 1.80. The summed E-state index contributed by atoms with van der Waals surface area (Å²) in [4.78, 5) is 4.35. The SMILES string of the molecule is NCC1Cc2ncc(Cl)cc2Oc2ccccc21. The molecule has 0 radical (unpaired) electrons. The lowest BCUT2D eigenvalue weighted by Crippen LogP contribution is -2.14. The summed E-state index contributed by atoms with van der Waals surface area (Å²) in [5, 5.41) is 0.581. The van der Waals surface area contributed by atoms with Crippen LogP contribution in [0.2, 0.25) is 5.02 Å². The molecule has 92 valence electrons. The van der Waals surface area contributed by atoms with Crippen LogP contribution in [0.4, 0.5) is 0 Å². The van der Waals surface area contributed by atoms with Gasteiger partial charge in [0, 0.05) is 24.6 Å². The molecule has 1 atom stereocenters. The van der Waals surface area contributed by atoms with Crippen molar-refractivity contribution < 1.29 is 4.74 Å². The van der Waals surface area contributed by atoms with E-state index in [1.54, 1.807) is 12.3 Å². The molecule has 0 saturated heterocycles. The molecule has 1 aromatic heterocycles. The lowest BCUT2D eigenvalue weighted by molar-refractivity contribution is 0.475. The van der Waals surface area contributed by atoms with Gasteiger partial charge in [-0.15, -0.1) is 0 Å². The van der Waals surface area contributed by atoms with Crippen LogP contribution in [0.1, 0.15) is 17.2 Å². The molecule has 2 heterocycles. The van der Waals surface area contributed by atoms with E-state index < -0.39 is 0 Å². The largest absolute Gasteiger partial charge is 0.455 e. The number of rotatable bonds is 1. The van der Waals surface area contributed by atoms with E-state index in [4.69, 9.17) is 22.1 Å². The maximum absolute atomic E-state index is 5.96. The minimum absolute atomic E-state index is 0.233. The number of pyridine rings is 1. The molecule has 3 nitrogen and oxygen atoms in total. The Bertz CT molecular complexity index is 586. The van der Waals surface area contributed by atoms with Gasteiger partial charge in [-0.2, -0.15) is 0 Å². The summed E-state index contributed by atoms with van der Waals surface area (Å²) in [6.07, 6.45) is 2.42. The van der Waals surface area contributed by atoms with Crippen molar-refractivity contribution in [3.05, 3.63) is 52.8 Å². The molecule has 18 heavy (non-hydrogen) atoms. The number of fused-ring (bicyclic) bond motifs is 2. The number of para-hydroxylation sites is 1. The Balaban J connectivity index is 2.13. The molecule has 2 N–H and O–H groups in total. The molecular formula is C14H13ClN2O. The van der Waals surface area contributed by atoms with Gasteiger partial charge in [-0.1, -0.05) is 29.8 Å². The third-order valence-corrected chi connectivity index (χ3v) is 3.41. The van der Waals surface area contributed by atoms with Crippen molar-refractivity contribution in [2.24, 2.45) is 5.73 Å². The first-order chi connectivity index (χ1) is 8.78. The van der Waals surface area contributed by atoms with E-state index in [2.05, 4.69) is 11.1 Å². The molecule has 2 aromatic rings. The molecule has 3 rings (SSSR count). The predicted octanol–water partition coefficient (Wildman–Crippen LogP) is 3.13. The molecule has 1 unspecified atom stereocenters. The zero-order valence-electron chi connectivity index (χ0n) is 9.77. The second-order valence-corrected chi connectivity index (χ2v) is 4.81. The standard InChI is InChI=1S/C14H13ClN2O/c15-10-6-14-12(17-8-10)5-9(7-16)11-3-1-2-4-13(11)18-14/h1-4,6,8-9H,5,7,16H2. The van der Waals surface area contributed by atoms with Crippen LogP contribution in [0.15, 0.2) is 36.5 Å². The Labute approximate surface area is 111 Å². The van der Waals surface area contributed by atoms with Crippen molar-refractivity contribution >= 4 is 11.6 Å². The molecule has 1 aliphatic rings. The zero-order valence-corrected chi connectivity index (χ0v) is 10.5. The molecule has 0 amide bonds. The quantitative estimate of drug-likeness (QED) is 0.857. The molecule has 0 saturated carbocycles. The summed E-state index contributed by atoms with van der Waals surface area (Å²) < 4.78 is 5.91. The normalized spacial score (nSPS) is 17.3. The fourth-order valence-electron chi connectivity index (χ4n) is 2.27. The average Bonchev–Trinajstić information content (AvgIpc) is 2.54. The van der Waals surface area contributed by atoms with Crippen LogP contribution in [0.25, 0.3) is 0 Å². The van der Waals surface area contributed by atoms with Gasteiger partial charge in [-0.3, -0.25) is 4.98 Å². The van der Waals surface area contributed by atoms with Gasteiger partial charge in [0.2, 0.25) is 0 Å². The number of ether oxygens (including phenoxy) is 1. The van der Waals surface area contributed by atoms with E-state index in [0.717, 1.165) is 29.2 Å². The molecule has 1 aliphatic heterocycles. The molecule has 0 bridgehead atoms. The number of nitrogens with two attached hydrogens (primary N) is 1. The first kappa shape index (κ1) is 11.5. The summed E-state index contributed by atoms with van der Waals surface area (Å²) in [7, 11) is 0. The molecular weight excluding hydrogens is 248 g/mol. The maximum atomic E-state index is 5.96. The Morgan fingerprint density at radius 2 is 2.17 bits per heavy atom. The van der Waals surface area contributed by atoms with Gasteiger partial charge >= 0.3 is 0 Å². The van der Waals surface area contributed by atoms with Crippen LogP contribution in [-0.4, -0.2) is 11.5 Å². The first-order valence-electron chi connectivity index (χ1n) is 5.89. The summed E-state index contributed by atoms with van der Waals surface area (Å²) in [6, 6.07) is 9.77. The second-order valence-electron chi connectivity index (χ2n) is 4.38. The smallest absolute Gasteiger partial charge is 0.150 e. The number of nitrogens with zero attached hydrogens (tertiary/aromatic N) is 1. The van der Waals surface area contributed by atoms with Crippen LogP contribution in [-0.2, 0) is 6.42 Å². The van der Waals surface area contributed by atoms with E-state index in [1.165, 1.54) is 0 Å². The fourth-order valence-corrected chi connectivity index (χ4v) is 2.42. The second kappa shape index (κ2) is 4.59. The van der Waals surface area contributed by atoms with Gasteiger partial charge in [-0.05, 0) is 18.2 Å². The highest BCUT2D eigenvalue weighted by molar-refractivity contribution is 6.30. The monoisotopic (exact) mass is 260 g/mol. The van der Waals surface area contributed by atoms with Gasteiger partial charge in [-0.25, -0.2) is 0 Å². The van der Waals surface area contributed by atoms with E-state index in [-0.39, 0.29) is 5.92 Å². The highest BCUT2D eigenvalue weighted by Gasteiger charge is 2.23. The van der Waals surface area contributed by atoms with Crippen LogP contribution >= 0.6 is 11.6 Å². The minimum atomic E-state index is 0.233. The van der Waals surface area contributed by atoms with Crippen LogP contribution in [0.3, 0.4) is 0 Å². The van der Waals surface area contributed by atoms with E-state index in [9.17, 15) is 0 Å². The fraction of sp³-hybridized carbons (Fsp3) is 0.214. The van der Waals surface area contributed by atoms with Gasteiger partial charge in [0.05, 0.1) is 10.7 Å². The molecule has 0 fully saturated rings. The third kappa shape index (κ3) is 1.96. The van der Waals surface area contributed by atoms with Crippen LogP contribution in [0.5, 0.6) is 11.5 Å². The van der Waals surface area contributed by atoms with Gasteiger partial charge < -0.3 is 10.5 Å². The Hall–Kier alpha value is -1.58. The van der Waals surface area contributed by atoms with Crippen molar-refractivity contribution in [2.75, 3.05) is 6.54 Å². The summed E-state index contributed by atoms with van der Waals surface area (Å²) >= 11 is 5.96. The Morgan fingerprint density at radius 3 is 3.00 bits per heavy atom. The Kier molecular flexibility index (Phi) is 2.94.